The maximum Gasteiger partial charge on any atom is 0.337 e. The zero-order valence-corrected chi connectivity index (χ0v) is 18.1. The highest BCUT2D eigenvalue weighted by Crippen LogP contribution is 2.24. The van der Waals surface area contributed by atoms with E-state index in [1.807, 2.05) is 0 Å². The lowest BCUT2D eigenvalue weighted by atomic mass is 10.2. The first-order chi connectivity index (χ1) is 12.6. The molecule has 7 nitrogen and oxygen atoms in total. The van der Waals surface area contributed by atoms with Gasteiger partial charge >= 0.3 is 5.97 Å². The Balaban J connectivity index is 2.24. The normalized spacial score (nSPS) is 11.0. The average molecular weight is 523 g/mol. The smallest absolute Gasteiger partial charge is 0.337 e. The number of carbonyl (C=O) groups is 2. The fourth-order valence-corrected chi connectivity index (χ4v) is 3.57. The lowest BCUT2D eigenvalue weighted by Gasteiger charge is -2.22. The first-order valence-corrected chi connectivity index (χ1v) is 10.8. The van der Waals surface area contributed by atoms with Crippen molar-refractivity contribution in [3.8, 4) is 0 Å². The number of rotatable bonds is 6. The molecule has 2 aromatic carbocycles. The molecular weight excluding hydrogens is 507 g/mol. The van der Waals surface area contributed by atoms with Gasteiger partial charge in [0.15, 0.2) is 0 Å². The second-order valence-corrected chi connectivity index (χ2v) is 9.04. The van der Waals surface area contributed by atoms with Gasteiger partial charge in [-0.15, -0.1) is 0 Å². The van der Waals surface area contributed by atoms with E-state index in [4.69, 9.17) is 11.6 Å². The first-order valence-electron chi connectivity index (χ1n) is 7.53. The Labute approximate surface area is 175 Å². The van der Waals surface area contributed by atoms with Crippen molar-refractivity contribution in [2.24, 2.45) is 0 Å². The summed E-state index contributed by atoms with van der Waals surface area (Å²) < 4.78 is 30.8. The van der Waals surface area contributed by atoms with Crippen molar-refractivity contribution in [2.75, 3.05) is 29.5 Å². The number of hydrogen-bond acceptors (Lipinski definition) is 5. The fraction of sp³-hybridized carbons (Fsp3) is 0.176. The number of hydrogen-bond donors (Lipinski definition) is 1. The molecule has 0 heterocycles. The van der Waals surface area contributed by atoms with Crippen LogP contribution in [0.25, 0.3) is 0 Å². The molecule has 0 unspecified atom stereocenters. The standard InChI is InChI=1S/C17H16ClIN2O5S/c1-26-17(23)11-3-8-14(18)15(9-11)20-16(22)10-21(27(2,24)25)13-6-4-12(19)5-7-13/h3-9H,10H2,1-2H3,(H,20,22). The molecule has 0 aliphatic carbocycles. The molecule has 0 bridgehead atoms. The molecule has 1 N–H and O–H groups in total. The topological polar surface area (TPSA) is 92.8 Å². The second kappa shape index (κ2) is 8.89. The van der Waals surface area contributed by atoms with Crippen LogP contribution in [0, 0.1) is 3.57 Å². The van der Waals surface area contributed by atoms with Crippen LogP contribution in [0.2, 0.25) is 5.02 Å². The summed E-state index contributed by atoms with van der Waals surface area (Å²) in [5.74, 6) is -1.19. The second-order valence-electron chi connectivity index (χ2n) is 5.48. The molecular formula is C17H16ClIN2O5S. The van der Waals surface area contributed by atoms with Gasteiger partial charge in [-0.1, -0.05) is 11.6 Å². The van der Waals surface area contributed by atoms with Crippen LogP contribution in [-0.4, -0.2) is 40.2 Å². The van der Waals surface area contributed by atoms with Crippen LogP contribution in [0.1, 0.15) is 10.4 Å². The van der Waals surface area contributed by atoms with E-state index >= 15 is 0 Å². The van der Waals surface area contributed by atoms with Gasteiger partial charge in [-0.2, -0.15) is 0 Å². The molecule has 0 atom stereocenters. The maximum atomic E-state index is 12.4. The Bertz CT molecular complexity index is 964. The van der Waals surface area contributed by atoms with Gasteiger partial charge in [0.1, 0.15) is 6.54 Å². The molecule has 0 fully saturated rings. The SMILES string of the molecule is COC(=O)c1ccc(Cl)c(NC(=O)CN(c2ccc(I)cc2)S(C)(=O)=O)c1. The van der Waals surface area contributed by atoms with Crippen LogP contribution in [0.3, 0.4) is 0 Å². The van der Waals surface area contributed by atoms with Gasteiger partial charge in [-0.3, -0.25) is 9.10 Å². The van der Waals surface area contributed by atoms with E-state index in [9.17, 15) is 18.0 Å². The summed E-state index contributed by atoms with van der Waals surface area (Å²) in [5, 5.41) is 2.73. The van der Waals surface area contributed by atoms with E-state index in [0.29, 0.717) is 5.69 Å². The lowest BCUT2D eigenvalue weighted by Crippen LogP contribution is -2.37. The highest BCUT2D eigenvalue weighted by Gasteiger charge is 2.21. The van der Waals surface area contributed by atoms with Crippen LogP contribution < -0.4 is 9.62 Å². The Morgan fingerprint density at radius 1 is 1.19 bits per heavy atom. The molecule has 0 aromatic heterocycles. The molecule has 2 rings (SSSR count). The Morgan fingerprint density at radius 2 is 1.81 bits per heavy atom. The number of carbonyl (C=O) groups excluding carboxylic acids is 2. The number of nitrogens with one attached hydrogen (secondary N) is 1. The monoisotopic (exact) mass is 522 g/mol. The Kier molecular flexibility index (Phi) is 7.06. The Morgan fingerprint density at radius 3 is 2.37 bits per heavy atom. The lowest BCUT2D eigenvalue weighted by molar-refractivity contribution is -0.114. The number of halogens is 2. The maximum absolute atomic E-state index is 12.4. The van der Waals surface area contributed by atoms with Crippen molar-refractivity contribution >= 4 is 67.5 Å². The number of esters is 1. The predicted molar refractivity (Wildman–Crippen MR) is 113 cm³/mol. The van der Waals surface area contributed by atoms with Crippen molar-refractivity contribution in [1.29, 1.82) is 0 Å². The van der Waals surface area contributed by atoms with Crippen molar-refractivity contribution in [2.45, 2.75) is 0 Å². The summed E-state index contributed by atoms with van der Waals surface area (Å²) >= 11 is 8.15. The number of anilines is 2. The first kappa shape index (κ1) is 21.5. The third-order valence-electron chi connectivity index (χ3n) is 3.46. The van der Waals surface area contributed by atoms with E-state index in [-0.39, 0.29) is 16.3 Å². The third kappa shape index (κ3) is 5.81. The van der Waals surface area contributed by atoms with Crippen LogP contribution in [0.15, 0.2) is 42.5 Å². The minimum Gasteiger partial charge on any atom is -0.465 e. The van der Waals surface area contributed by atoms with E-state index in [0.717, 1.165) is 14.1 Å². The van der Waals surface area contributed by atoms with Crippen molar-refractivity contribution < 1.29 is 22.7 Å². The quantitative estimate of drug-likeness (QED) is 0.465. The minimum atomic E-state index is -3.69. The van der Waals surface area contributed by atoms with Crippen LogP contribution in [0.4, 0.5) is 11.4 Å². The molecule has 144 valence electrons. The molecule has 0 saturated heterocycles. The van der Waals surface area contributed by atoms with Gasteiger partial charge in [0, 0.05) is 3.57 Å². The molecule has 0 radical (unpaired) electrons. The summed E-state index contributed by atoms with van der Waals surface area (Å²) in [6, 6.07) is 11.0. The zero-order chi connectivity index (χ0) is 20.2. The Hall–Kier alpha value is -1.85. The van der Waals surface area contributed by atoms with Gasteiger partial charge in [-0.25, -0.2) is 13.2 Å². The van der Waals surface area contributed by atoms with Crippen LogP contribution >= 0.6 is 34.2 Å². The summed E-state index contributed by atoms with van der Waals surface area (Å²) in [4.78, 5) is 24.0. The number of sulfonamides is 1. The molecule has 2 aromatic rings. The molecule has 10 heteroatoms. The minimum absolute atomic E-state index is 0.181. The molecule has 0 saturated carbocycles. The van der Waals surface area contributed by atoms with Crippen LogP contribution in [-0.2, 0) is 19.6 Å². The molecule has 0 spiro atoms. The number of nitrogens with zero attached hydrogens (tertiary/aromatic N) is 1. The number of amides is 1. The number of ether oxygens (including phenoxy) is 1. The van der Waals surface area contributed by atoms with E-state index in [1.165, 1.54) is 25.3 Å². The zero-order valence-electron chi connectivity index (χ0n) is 14.4. The van der Waals surface area contributed by atoms with Crippen LogP contribution in [0.5, 0.6) is 0 Å². The molecule has 1 amide bonds. The molecule has 27 heavy (non-hydrogen) atoms. The van der Waals surface area contributed by atoms with Crippen molar-refractivity contribution in [1.82, 2.24) is 0 Å². The third-order valence-corrected chi connectivity index (χ3v) is 5.65. The average Bonchev–Trinajstić information content (AvgIpc) is 2.61. The van der Waals surface area contributed by atoms with Gasteiger partial charge in [0.2, 0.25) is 15.9 Å². The fourth-order valence-electron chi connectivity index (χ4n) is 2.19. The predicted octanol–water partition coefficient (Wildman–Crippen LogP) is 3.14. The van der Waals surface area contributed by atoms with Gasteiger partial charge < -0.3 is 10.1 Å². The van der Waals surface area contributed by atoms with E-state index in [1.54, 1.807) is 24.3 Å². The summed E-state index contributed by atoms with van der Waals surface area (Å²) in [6.45, 7) is -0.446. The van der Waals surface area contributed by atoms with Gasteiger partial charge in [-0.05, 0) is 65.1 Å². The van der Waals surface area contributed by atoms with Crippen molar-refractivity contribution in [3.63, 3.8) is 0 Å². The molecule has 0 aliphatic heterocycles. The largest absolute Gasteiger partial charge is 0.465 e. The van der Waals surface area contributed by atoms with Gasteiger partial charge in [0.05, 0.1) is 35.3 Å². The van der Waals surface area contributed by atoms with Crippen molar-refractivity contribution in [3.05, 3.63) is 56.6 Å². The summed E-state index contributed by atoms with van der Waals surface area (Å²) in [7, 11) is -2.45. The number of methoxy groups -OCH3 is 1. The summed E-state index contributed by atoms with van der Waals surface area (Å²) in [5.41, 5.74) is 0.748. The number of benzene rings is 2. The highest BCUT2D eigenvalue weighted by atomic mass is 127. The highest BCUT2D eigenvalue weighted by molar-refractivity contribution is 14.1. The summed E-state index contributed by atoms with van der Waals surface area (Å²) in [6.07, 6.45) is 1.02. The van der Waals surface area contributed by atoms with E-state index in [2.05, 4.69) is 32.6 Å². The van der Waals surface area contributed by atoms with E-state index < -0.39 is 28.4 Å². The van der Waals surface area contributed by atoms with Gasteiger partial charge in [0.25, 0.3) is 0 Å². The molecule has 0 aliphatic rings.